The Morgan fingerprint density at radius 1 is 1.28 bits per heavy atom. The van der Waals surface area contributed by atoms with Gasteiger partial charge in [-0.15, -0.1) is 0 Å². The molecular formula is C13H22N2O2S. The normalized spacial score (nSPS) is 14.9. The summed E-state index contributed by atoms with van der Waals surface area (Å²) >= 11 is 1.53. The molecule has 0 aliphatic carbocycles. The SMILES string of the molecule is CC(C)(C)CNC(=O)NC[C@](C)(O)c1ccsc1. The van der Waals surface area contributed by atoms with Crippen LogP contribution in [0.4, 0.5) is 4.79 Å². The van der Waals surface area contributed by atoms with Crippen LogP contribution in [0.5, 0.6) is 0 Å². The maximum atomic E-state index is 11.6. The zero-order chi connectivity index (χ0) is 13.8. The van der Waals surface area contributed by atoms with E-state index >= 15 is 0 Å². The minimum absolute atomic E-state index is 0.0488. The van der Waals surface area contributed by atoms with Crippen LogP contribution in [0.15, 0.2) is 16.8 Å². The van der Waals surface area contributed by atoms with Gasteiger partial charge >= 0.3 is 6.03 Å². The zero-order valence-electron chi connectivity index (χ0n) is 11.4. The number of hydrogen-bond acceptors (Lipinski definition) is 3. The van der Waals surface area contributed by atoms with Crippen LogP contribution < -0.4 is 10.6 Å². The van der Waals surface area contributed by atoms with E-state index in [-0.39, 0.29) is 18.0 Å². The molecule has 0 saturated carbocycles. The van der Waals surface area contributed by atoms with Crippen molar-refractivity contribution >= 4 is 17.4 Å². The van der Waals surface area contributed by atoms with Gasteiger partial charge in [0.1, 0.15) is 5.60 Å². The standard InChI is InChI=1S/C13H22N2O2S/c1-12(2,3)8-14-11(16)15-9-13(4,17)10-5-6-18-7-10/h5-7,17H,8-9H2,1-4H3,(H2,14,15,16)/t13-/m0/s1. The molecule has 0 aliphatic heterocycles. The summed E-state index contributed by atoms with van der Waals surface area (Å²) in [5.41, 5.74) is -0.157. The molecule has 5 heteroatoms. The van der Waals surface area contributed by atoms with Gasteiger partial charge < -0.3 is 15.7 Å². The third-order valence-corrected chi connectivity index (χ3v) is 3.20. The molecule has 4 nitrogen and oxygen atoms in total. The summed E-state index contributed by atoms with van der Waals surface area (Å²) in [6.45, 7) is 8.64. The van der Waals surface area contributed by atoms with Crippen molar-refractivity contribution in [2.24, 2.45) is 5.41 Å². The number of thiophene rings is 1. The van der Waals surface area contributed by atoms with E-state index in [1.54, 1.807) is 6.92 Å². The monoisotopic (exact) mass is 270 g/mol. The minimum Gasteiger partial charge on any atom is -0.384 e. The third kappa shape index (κ3) is 5.06. The van der Waals surface area contributed by atoms with Gasteiger partial charge in [-0.25, -0.2) is 4.79 Å². The first kappa shape index (κ1) is 15.0. The first-order valence-electron chi connectivity index (χ1n) is 5.97. The number of hydrogen-bond donors (Lipinski definition) is 3. The Labute approximate surface area is 112 Å². The Hall–Kier alpha value is -1.07. The Bertz CT molecular complexity index is 380. The lowest BCUT2D eigenvalue weighted by molar-refractivity contribution is 0.0597. The number of aliphatic hydroxyl groups is 1. The average Bonchev–Trinajstić information content (AvgIpc) is 2.76. The average molecular weight is 270 g/mol. The van der Waals surface area contributed by atoms with Crippen molar-refractivity contribution in [3.8, 4) is 0 Å². The molecule has 0 spiro atoms. The summed E-state index contributed by atoms with van der Waals surface area (Å²) in [6.07, 6.45) is 0. The molecule has 0 aliphatic rings. The fraction of sp³-hybridized carbons (Fsp3) is 0.615. The number of rotatable bonds is 4. The summed E-state index contributed by atoms with van der Waals surface area (Å²) < 4.78 is 0. The molecule has 0 bridgehead atoms. The maximum Gasteiger partial charge on any atom is 0.314 e. The molecule has 0 radical (unpaired) electrons. The van der Waals surface area contributed by atoms with Gasteiger partial charge in [0.2, 0.25) is 0 Å². The fourth-order valence-electron chi connectivity index (χ4n) is 1.33. The Morgan fingerprint density at radius 3 is 2.39 bits per heavy atom. The van der Waals surface area contributed by atoms with Crippen LogP contribution in [0, 0.1) is 5.41 Å². The van der Waals surface area contributed by atoms with E-state index in [9.17, 15) is 9.90 Å². The molecule has 3 N–H and O–H groups in total. The maximum absolute atomic E-state index is 11.6. The lowest BCUT2D eigenvalue weighted by Crippen LogP contribution is -2.45. The van der Waals surface area contributed by atoms with Crippen LogP contribution in [-0.4, -0.2) is 24.2 Å². The van der Waals surface area contributed by atoms with Gasteiger partial charge in [-0.1, -0.05) is 20.8 Å². The van der Waals surface area contributed by atoms with Gasteiger partial charge in [-0.05, 0) is 34.7 Å². The van der Waals surface area contributed by atoms with Crippen LogP contribution in [0.2, 0.25) is 0 Å². The van der Waals surface area contributed by atoms with E-state index in [1.807, 2.05) is 16.8 Å². The van der Waals surface area contributed by atoms with E-state index in [1.165, 1.54) is 11.3 Å². The van der Waals surface area contributed by atoms with Crippen LogP contribution in [-0.2, 0) is 5.60 Å². The molecule has 1 rings (SSSR count). The summed E-state index contributed by atoms with van der Waals surface area (Å²) in [5, 5.41) is 19.5. The van der Waals surface area contributed by atoms with Crippen LogP contribution in [0.1, 0.15) is 33.3 Å². The lowest BCUT2D eigenvalue weighted by atomic mass is 9.97. The Morgan fingerprint density at radius 2 is 1.89 bits per heavy atom. The number of nitrogens with one attached hydrogen (secondary N) is 2. The van der Waals surface area contributed by atoms with Crippen molar-refractivity contribution in [2.75, 3.05) is 13.1 Å². The summed E-state index contributed by atoms with van der Waals surface area (Å²) in [5.74, 6) is 0. The molecule has 1 aromatic rings. The van der Waals surface area contributed by atoms with Crippen LogP contribution in [0.3, 0.4) is 0 Å². The Kier molecular flexibility index (Phi) is 4.76. The lowest BCUT2D eigenvalue weighted by Gasteiger charge is -2.24. The predicted molar refractivity (Wildman–Crippen MR) is 74.7 cm³/mol. The molecule has 18 heavy (non-hydrogen) atoms. The molecule has 1 atom stereocenters. The van der Waals surface area contributed by atoms with Crippen molar-refractivity contribution in [1.82, 2.24) is 10.6 Å². The second-order valence-electron chi connectivity index (χ2n) is 5.88. The molecule has 0 aromatic carbocycles. The van der Waals surface area contributed by atoms with E-state index in [4.69, 9.17) is 0 Å². The molecule has 2 amide bonds. The van der Waals surface area contributed by atoms with E-state index < -0.39 is 5.60 Å². The van der Waals surface area contributed by atoms with Gasteiger partial charge in [-0.2, -0.15) is 11.3 Å². The Balaban J connectivity index is 2.39. The van der Waals surface area contributed by atoms with Gasteiger partial charge in [0.05, 0.1) is 6.54 Å². The van der Waals surface area contributed by atoms with Crippen molar-refractivity contribution in [2.45, 2.75) is 33.3 Å². The molecule has 1 heterocycles. The van der Waals surface area contributed by atoms with Gasteiger partial charge in [0.15, 0.2) is 0 Å². The van der Waals surface area contributed by atoms with E-state index in [2.05, 4.69) is 31.4 Å². The van der Waals surface area contributed by atoms with E-state index in [0.29, 0.717) is 6.54 Å². The zero-order valence-corrected chi connectivity index (χ0v) is 12.2. The quantitative estimate of drug-likeness (QED) is 0.786. The fourth-order valence-corrected chi connectivity index (χ4v) is 2.12. The molecule has 0 saturated heterocycles. The predicted octanol–water partition coefficient (Wildman–Crippen LogP) is 2.30. The summed E-state index contributed by atoms with van der Waals surface area (Å²) in [4.78, 5) is 11.6. The molecule has 1 aromatic heterocycles. The molecule has 0 fully saturated rings. The smallest absolute Gasteiger partial charge is 0.314 e. The van der Waals surface area contributed by atoms with Crippen molar-refractivity contribution < 1.29 is 9.90 Å². The number of amides is 2. The highest BCUT2D eigenvalue weighted by atomic mass is 32.1. The summed E-state index contributed by atoms with van der Waals surface area (Å²) in [7, 11) is 0. The second kappa shape index (κ2) is 5.71. The van der Waals surface area contributed by atoms with Crippen LogP contribution in [0.25, 0.3) is 0 Å². The highest BCUT2D eigenvalue weighted by Crippen LogP contribution is 2.21. The number of carbonyl (C=O) groups is 1. The first-order valence-corrected chi connectivity index (χ1v) is 6.92. The first-order chi connectivity index (χ1) is 8.21. The largest absolute Gasteiger partial charge is 0.384 e. The van der Waals surface area contributed by atoms with Gasteiger partial charge in [0.25, 0.3) is 0 Å². The molecule has 102 valence electrons. The second-order valence-corrected chi connectivity index (χ2v) is 6.66. The molecular weight excluding hydrogens is 248 g/mol. The third-order valence-electron chi connectivity index (χ3n) is 2.52. The van der Waals surface area contributed by atoms with Crippen molar-refractivity contribution in [3.05, 3.63) is 22.4 Å². The highest BCUT2D eigenvalue weighted by molar-refractivity contribution is 7.08. The van der Waals surface area contributed by atoms with Crippen LogP contribution >= 0.6 is 11.3 Å². The number of carbonyl (C=O) groups excluding carboxylic acids is 1. The van der Waals surface area contributed by atoms with Crippen molar-refractivity contribution in [3.63, 3.8) is 0 Å². The minimum atomic E-state index is -1.03. The van der Waals surface area contributed by atoms with E-state index in [0.717, 1.165) is 5.56 Å². The summed E-state index contributed by atoms with van der Waals surface area (Å²) in [6, 6.07) is 1.61. The van der Waals surface area contributed by atoms with Gasteiger partial charge in [-0.3, -0.25) is 0 Å². The number of urea groups is 1. The highest BCUT2D eigenvalue weighted by Gasteiger charge is 2.24. The van der Waals surface area contributed by atoms with Crippen molar-refractivity contribution in [1.29, 1.82) is 0 Å². The molecule has 0 unspecified atom stereocenters. The van der Waals surface area contributed by atoms with Gasteiger partial charge in [0, 0.05) is 6.54 Å². The topological polar surface area (TPSA) is 61.4 Å².